The molecule has 1 N–H and O–H groups in total. The van der Waals surface area contributed by atoms with E-state index >= 15 is 0 Å². The van der Waals surface area contributed by atoms with Gasteiger partial charge in [0.15, 0.2) is 0 Å². The van der Waals surface area contributed by atoms with Gasteiger partial charge in [-0.2, -0.15) is 0 Å². The second-order valence-electron chi connectivity index (χ2n) is 5.57. The summed E-state index contributed by atoms with van der Waals surface area (Å²) in [7, 11) is 3.19. The zero-order valence-electron chi connectivity index (χ0n) is 12.8. The molecular formula is C14H24N4O3. The fraction of sp³-hybridized carbons (Fsp3) is 0.714. The Morgan fingerprint density at radius 2 is 1.71 bits per heavy atom. The van der Waals surface area contributed by atoms with E-state index in [4.69, 9.17) is 5.11 Å². The highest BCUT2D eigenvalue weighted by Crippen LogP contribution is 2.06. The second kappa shape index (κ2) is 7.02. The van der Waals surface area contributed by atoms with Gasteiger partial charge in [0.05, 0.1) is 6.61 Å². The molecule has 0 aromatic carbocycles. The quantitative estimate of drug-likeness (QED) is 0.739. The van der Waals surface area contributed by atoms with Gasteiger partial charge in [-0.1, -0.05) is 0 Å². The summed E-state index contributed by atoms with van der Waals surface area (Å²) in [6, 6.07) is 1.54. The van der Waals surface area contributed by atoms with E-state index in [-0.39, 0.29) is 17.9 Å². The molecule has 0 amide bonds. The van der Waals surface area contributed by atoms with Crippen LogP contribution in [0.25, 0.3) is 0 Å². The molecule has 1 aliphatic heterocycles. The standard InChI is InChI=1S/C14H24N4O3/c1-15-12(10-13(20)16(2)14(15)21)11-18-5-3-4-17(6-7-18)8-9-19/h10,19H,3-9,11H2,1-2H3. The predicted octanol–water partition coefficient (Wildman–Crippen LogP) is -1.42. The van der Waals surface area contributed by atoms with Crippen LogP contribution in [0.5, 0.6) is 0 Å². The Kier molecular flexibility index (Phi) is 5.33. The number of aliphatic hydroxyl groups is 1. The lowest BCUT2D eigenvalue weighted by atomic mass is 10.3. The summed E-state index contributed by atoms with van der Waals surface area (Å²) in [5.74, 6) is 0. The molecule has 1 saturated heterocycles. The van der Waals surface area contributed by atoms with Crippen LogP contribution < -0.4 is 11.2 Å². The van der Waals surface area contributed by atoms with Crippen molar-refractivity contribution in [1.29, 1.82) is 0 Å². The van der Waals surface area contributed by atoms with Gasteiger partial charge >= 0.3 is 5.69 Å². The van der Waals surface area contributed by atoms with E-state index in [0.717, 1.165) is 42.9 Å². The van der Waals surface area contributed by atoms with Crippen molar-refractivity contribution < 1.29 is 5.11 Å². The van der Waals surface area contributed by atoms with E-state index in [9.17, 15) is 9.59 Å². The van der Waals surface area contributed by atoms with Crippen molar-refractivity contribution >= 4 is 0 Å². The minimum Gasteiger partial charge on any atom is -0.395 e. The fourth-order valence-electron chi connectivity index (χ4n) is 2.71. The number of hydrogen-bond donors (Lipinski definition) is 1. The highest BCUT2D eigenvalue weighted by molar-refractivity contribution is 5.02. The van der Waals surface area contributed by atoms with Gasteiger partial charge in [-0.25, -0.2) is 4.79 Å². The van der Waals surface area contributed by atoms with E-state index in [1.165, 1.54) is 17.7 Å². The summed E-state index contributed by atoms with van der Waals surface area (Å²) in [5, 5.41) is 9.00. The van der Waals surface area contributed by atoms with E-state index in [1.807, 2.05) is 0 Å². The Balaban J connectivity index is 2.09. The Bertz CT molecular complexity index is 593. The molecule has 0 unspecified atom stereocenters. The minimum absolute atomic E-state index is 0.184. The van der Waals surface area contributed by atoms with Crippen LogP contribution in [-0.2, 0) is 20.6 Å². The molecule has 0 bridgehead atoms. The molecule has 7 nitrogen and oxygen atoms in total. The Labute approximate surface area is 124 Å². The van der Waals surface area contributed by atoms with Crippen LogP contribution in [0.2, 0.25) is 0 Å². The van der Waals surface area contributed by atoms with Gasteiger partial charge in [0.1, 0.15) is 0 Å². The molecule has 0 aliphatic carbocycles. The third kappa shape index (κ3) is 3.81. The van der Waals surface area contributed by atoms with Crippen LogP contribution in [0.4, 0.5) is 0 Å². The third-order valence-corrected chi connectivity index (χ3v) is 4.11. The first-order chi connectivity index (χ1) is 10.0. The van der Waals surface area contributed by atoms with Crippen molar-refractivity contribution in [2.24, 2.45) is 14.1 Å². The molecule has 0 atom stereocenters. The van der Waals surface area contributed by atoms with Crippen molar-refractivity contribution in [1.82, 2.24) is 18.9 Å². The van der Waals surface area contributed by atoms with Crippen LogP contribution in [0.3, 0.4) is 0 Å². The Morgan fingerprint density at radius 1 is 1.05 bits per heavy atom. The van der Waals surface area contributed by atoms with Crippen molar-refractivity contribution in [3.8, 4) is 0 Å². The van der Waals surface area contributed by atoms with Crippen molar-refractivity contribution in [2.75, 3.05) is 39.3 Å². The smallest absolute Gasteiger partial charge is 0.330 e. The number of hydrogen-bond acceptors (Lipinski definition) is 5. The van der Waals surface area contributed by atoms with Gasteiger partial charge in [0, 0.05) is 52.0 Å². The highest BCUT2D eigenvalue weighted by atomic mass is 16.3. The molecule has 1 aliphatic rings. The van der Waals surface area contributed by atoms with Gasteiger partial charge in [0.25, 0.3) is 5.56 Å². The summed E-state index contributed by atoms with van der Waals surface area (Å²) in [6.45, 7) is 5.19. The van der Waals surface area contributed by atoms with Crippen LogP contribution in [-0.4, -0.2) is 63.4 Å². The second-order valence-corrected chi connectivity index (χ2v) is 5.57. The molecular weight excluding hydrogens is 272 g/mol. The van der Waals surface area contributed by atoms with Crippen molar-refractivity contribution in [2.45, 2.75) is 13.0 Å². The molecule has 1 fully saturated rings. The van der Waals surface area contributed by atoms with Gasteiger partial charge in [-0.05, 0) is 19.5 Å². The lowest BCUT2D eigenvalue weighted by Crippen LogP contribution is -2.40. The molecule has 7 heteroatoms. The number of rotatable bonds is 4. The lowest BCUT2D eigenvalue weighted by Gasteiger charge is -2.22. The molecule has 1 aromatic heterocycles. The summed E-state index contributed by atoms with van der Waals surface area (Å²) in [4.78, 5) is 28.2. The average Bonchev–Trinajstić information content (AvgIpc) is 2.68. The van der Waals surface area contributed by atoms with E-state index in [2.05, 4.69) is 9.80 Å². The number of nitrogens with zero attached hydrogens (tertiary/aromatic N) is 4. The maximum atomic E-state index is 11.9. The van der Waals surface area contributed by atoms with Gasteiger partial charge < -0.3 is 5.11 Å². The lowest BCUT2D eigenvalue weighted by molar-refractivity contribution is 0.195. The molecule has 0 saturated carbocycles. The van der Waals surface area contributed by atoms with E-state index < -0.39 is 0 Å². The number of aliphatic hydroxyl groups excluding tert-OH is 1. The van der Waals surface area contributed by atoms with Crippen LogP contribution in [0, 0.1) is 0 Å². The Hall–Kier alpha value is -1.44. The third-order valence-electron chi connectivity index (χ3n) is 4.11. The first-order valence-electron chi connectivity index (χ1n) is 7.34. The van der Waals surface area contributed by atoms with Gasteiger partial charge in [-0.3, -0.25) is 23.7 Å². The number of aromatic nitrogens is 2. The zero-order valence-corrected chi connectivity index (χ0v) is 12.8. The van der Waals surface area contributed by atoms with Crippen LogP contribution >= 0.6 is 0 Å². The monoisotopic (exact) mass is 296 g/mol. The van der Waals surface area contributed by atoms with Crippen molar-refractivity contribution in [3.63, 3.8) is 0 Å². The van der Waals surface area contributed by atoms with Crippen molar-refractivity contribution in [3.05, 3.63) is 32.6 Å². The minimum atomic E-state index is -0.283. The van der Waals surface area contributed by atoms with Crippen LogP contribution in [0.15, 0.2) is 15.7 Å². The topological polar surface area (TPSA) is 70.7 Å². The van der Waals surface area contributed by atoms with E-state index in [0.29, 0.717) is 13.1 Å². The maximum Gasteiger partial charge on any atom is 0.330 e. The molecule has 21 heavy (non-hydrogen) atoms. The highest BCUT2D eigenvalue weighted by Gasteiger charge is 2.16. The molecule has 118 valence electrons. The van der Waals surface area contributed by atoms with Gasteiger partial charge in [0.2, 0.25) is 0 Å². The maximum absolute atomic E-state index is 11.9. The average molecular weight is 296 g/mol. The number of β-amino-alcohol motifs (C(OH)–C–C–N with tert-alkyl or cyclic N) is 1. The first kappa shape index (κ1) is 15.9. The summed E-state index contributed by atoms with van der Waals surface area (Å²) >= 11 is 0. The zero-order chi connectivity index (χ0) is 15.4. The summed E-state index contributed by atoms with van der Waals surface area (Å²) in [5.41, 5.74) is 0.206. The molecule has 0 radical (unpaired) electrons. The van der Waals surface area contributed by atoms with Gasteiger partial charge in [-0.15, -0.1) is 0 Å². The molecule has 2 rings (SSSR count). The first-order valence-corrected chi connectivity index (χ1v) is 7.34. The largest absolute Gasteiger partial charge is 0.395 e. The van der Waals surface area contributed by atoms with Crippen LogP contribution in [0.1, 0.15) is 12.1 Å². The summed E-state index contributed by atoms with van der Waals surface area (Å²) in [6.07, 6.45) is 1.03. The molecule has 1 aromatic rings. The molecule has 0 spiro atoms. The van der Waals surface area contributed by atoms with E-state index in [1.54, 1.807) is 7.05 Å². The predicted molar refractivity (Wildman–Crippen MR) is 80.3 cm³/mol. The Morgan fingerprint density at radius 3 is 2.43 bits per heavy atom. The normalized spacial score (nSPS) is 17.9. The summed E-state index contributed by atoms with van der Waals surface area (Å²) < 4.78 is 2.66. The SMILES string of the molecule is Cn1c(CN2CCCN(CCO)CC2)cc(=O)n(C)c1=O. The molecule has 2 heterocycles. The fourth-order valence-corrected chi connectivity index (χ4v) is 2.71.